The first-order valence-electron chi connectivity index (χ1n) is 6.56. The van der Waals surface area contributed by atoms with Crippen molar-refractivity contribution in [2.24, 2.45) is 22.2 Å². The largest absolute Gasteiger partial charge is 0.294 e. The van der Waals surface area contributed by atoms with Gasteiger partial charge in [0.2, 0.25) is 0 Å². The van der Waals surface area contributed by atoms with E-state index in [1.165, 1.54) is 25.7 Å². The van der Waals surface area contributed by atoms with Gasteiger partial charge >= 0.3 is 0 Å². The molecule has 1 heteroatoms. The molecule has 0 radical (unpaired) electrons. The fourth-order valence-corrected chi connectivity index (χ4v) is 4.82. The van der Waals surface area contributed by atoms with Crippen molar-refractivity contribution in [3.05, 3.63) is 11.6 Å². The predicted octanol–water partition coefficient (Wildman–Crippen LogP) is 3.74. The molecule has 0 aromatic rings. The van der Waals surface area contributed by atoms with Crippen LogP contribution < -0.4 is 0 Å². The van der Waals surface area contributed by atoms with Crippen molar-refractivity contribution < 1.29 is 4.79 Å². The minimum atomic E-state index is 0.196. The molecule has 0 aliphatic heterocycles. The van der Waals surface area contributed by atoms with E-state index in [-0.39, 0.29) is 5.41 Å². The number of hydrogen-bond donors (Lipinski definition) is 0. The summed E-state index contributed by atoms with van der Waals surface area (Å²) in [5.41, 5.74) is 1.83. The zero-order valence-corrected chi connectivity index (χ0v) is 10.9. The van der Waals surface area contributed by atoms with Crippen LogP contribution >= 0.6 is 0 Å². The SMILES string of the molecule is CC1=C[C@]23CC[C@@](C)(CCC2(C)C)[C@H]3C1=O. The lowest BCUT2D eigenvalue weighted by Gasteiger charge is -2.51. The minimum absolute atomic E-state index is 0.196. The number of carbonyl (C=O) groups excluding carboxylic acids is 1. The van der Waals surface area contributed by atoms with Crippen LogP contribution in [-0.4, -0.2) is 5.78 Å². The summed E-state index contributed by atoms with van der Waals surface area (Å²) in [6, 6.07) is 0. The monoisotopic (exact) mass is 218 g/mol. The Bertz CT molecular complexity index is 404. The number of carbonyl (C=O) groups is 1. The molecule has 0 aromatic heterocycles. The molecule has 2 saturated carbocycles. The highest BCUT2D eigenvalue weighted by atomic mass is 16.1. The standard InChI is InChI=1S/C15H22O/c1-10-9-15-8-7-14(4,12(15)11(10)16)6-5-13(15,2)3/h9,12H,5-8H2,1-4H3/t12-,14-,15+/m1/s1. The molecule has 3 aliphatic carbocycles. The van der Waals surface area contributed by atoms with Crippen molar-refractivity contribution in [2.75, 3.05) is 0 Å². The quantitative estimate of drug-likeness (QED) is 0.605. The number of rotatable bonds is 0. The summed E-state index contributed by atoms with van der Waals surface area (Å²) in [6.07, 6.45) is 7.32. The number of allylic oxidation sites excluding steroid dienone is 2. The van der Waals surface area contributed by atoms with Gasteiger partial charge in [0.05, 0.1) is 0 Å². The smallest absolute Gasteiger partial charge is 0.162 e. The average molecular weight is 218 g/mol. The second kappa shape index (κ2) is 2.63. The van der Waals surface area contributed by atoms with Crippen LogP contribution in [0.15, 0.2) is 11.6 Å². The molecule has 0 heterocycles. The lowest BCUT2D eigenvalue weighted by Crippen LogP contribution is -2.47. The van der Waals surface area contributed by atoms with Gasteiger partial charge < -0.3 is 0 Å². The van der Waals surface area contributed by atoms with Crippen LogP contribution in [0.5, 0.6) is 0 Å². The van der Waals surface area contributed by atoms with Crippen molar-refractivity contribution in [1.29, 1.82) is 0 Å². The topological polar surface area (TPSA) is 17.1 Å². The van der Waals surface area contributed by atoms with E-state index in [1.54, 1.807) is 0 Å². The highest BCUT2D eigenvalue weighted by Gasteiger charge is 2.67. The Morgan fingerprint density at radius 1 is 1.12 bits per heavy atom. The summed E-state index contributed by atoms with van der Waals surface area (Å²) in [5, 5.41) is 0. The van der Waals surface area contributed by atoms with Crippen molar-refractivity contribution in [3.63, 3.8) is 0 Å². The molecule has 16 heavy (non-hydrogen) atoms. The van der Waals surface area contributed by atoms with E-state index >= 15 is 0 Å². The maximum absolute atomic E-state index is 12.4. The number of ketones is 1. The highest BCUT2D eigenvalue weighted by molar-refractivity contribution is 6.01. The van der Waals surface area contributed by atoms with Crippen molar-refractivity contribution in [3.8, 4) is 0 Å². The van der Waals surface area contributed by atoms with Gasteiger partial charge in [-0.2, -0.15) is 0 Å². The van der Waals surface area contributed by atoms with E-state index in [2.05, 4.69) is 26.8 Å². The molecular weight excluding hydrogens is 196 g/mol. The molecular formula is C15H22O. The van der Waals surface area contributed by atoms with Gasteiger partial charge in [0.25, 0.3) is 0 Å². The Morgan fingerprint density at radius 3 is 2.38 bits per heavy atom. The number of hydrogen-bond acceptors (Lipinski definition) is 1. The van der Waals surface area contributed by atoms with Crippen LogP contribution in [0.4, 0.5) is 0 Å². The maximum Gasteiger partial charge on any atom is 0.162 e. The summed E-state index contributed by atoms with van der Waals surface area (Å²) in [5.74, 6) is 0.747. The third-order valence-electron chi connectivity index (χ3n) is 6.03. The number of Topliss-reactive ketones (excluding diaryl/α,β-unsaturated/α-hetero) is 1. The zero-order valence-electron chi connectivity index (χ0n) is 10.9. The van der Waals surface area contributed by atoms with Gasteiger partial charge in [-0.15, -0.1) is 0 Å². The summed E-state index contributed by atoms with van der Waals surface area (Å²) in [4.78, 5) is 12.4. The normalized spacial score (nSPS) is 49.1. The molecule has 3 rings (SSSR count). The highest BCUT2D eigenvalue weighted by Crippen LogP contribution is 2.72. The summed E-state index contributed by atoms with van der Waals surface area (Å²) in [6.45, 7) is 9.10. The molecule has 2 bridgehead atoms. The molecule has 3 aliphatic rings. The summed E-state index contributed by atoms with van der Waals surface area (Å²) in [7, 11) is 0. The van der Waals surface area contributed by atoms with Gasteiger partial charge in [-0.1, -0.05) is 26.8 Å². The zero-order chi connectivity index (χ0) is 11.8. The molecule has 1 nitrogen and oxygen atoms in total. The first-order chi connectivity index (χ1) is 7.32. The second-order valence-corrected chi connectivity index (χ2v) is 7.20. The van der Waals surface area contributed by atoms with Gasteiger partial charge in [0.15, 0.2) is 5.78 Å². The molecule has 2 fully saturated rings. The van der Waals surface area contributed by atoms with Gasteiger partial charge in [-0.25, -0.2) is 0 Å². The average Bonchev–Trinajstić information content (AvgIpc) is 2.60. The molecule has 0 saturated heterocycles. The van der Waals surface area contributed by atoms with E-state index < -0.39 is 0 Å². The summed E-state index contributed by atoms with van der Waals surface area (Å²) >= 11 is 0. The molecule has 0 aromatic carbocycles. The fraction of sp³-hybridized carbons (Fsp3) is 0.800. The predicted molar refractivity (Wildman–Crippen MR) is 65.0 cm³/mol. The van der Waals surface area contributed by atoms with Crippen LogP contribution in [-0.2, 0) is 4.79 Å². The summed E-state index contributed by atoms with van der Waals surface area (Å²) < 4.78 is 0. The minimum Gasteiger partial charge on any atom is -0.294 e. The van der Waals surface area contributed by atoms with E-state index in [9.17, 15) is 4.79 Å². The second-order valence-electron chi connectivity index (χ2n) is 7.20. The third-order valence-corrected chi connectivity index (χ3v) is 6.03. The Hall–Kier alpha value is -0.590. The Morgan fingerprint density at radius 2 is 1.75 bits per heavy atom. The molecule has 0 amide bonds. The van der Waals surface area contributed by atoms with Crippen LogP contribution in [0, 0.1) is 22.2 Å². The van der Waals surface area contributed by atoms with Crippen LogP contribution in [0.3, 0.4) is 0 Å². The lowest BCUT2D eigenvalue weighted by atomic mass is 9.52. The van der Waals surface area contributed by atoms with Crippen LogP contribution in [0.25, 0.3) is 0 Å². The fourth-order valence-electron chi connectivity index (χ4n) is 4.82. The van der Waals surface area contributed by atoms with Gasteiger partial charge in [0.1, 0.15) is 0 Å². The first-order valence-corrected chi connectivity index (χ1v) is 6.56. The molecule has 0 unspecified atom stereocenters. The third kappa shape index (κ3) is 0.919. The Kier molecular flexibility index (Phi) is 1.73. The molecule has 3 atom stereocenters. The Labute approximate surface area is 98.3 Å². The Balaban J connectivity index is 2.21. The van der Waals surface area contributed by atoms with Gasteiger partial charge in [-0.05, 0) is 49.0 Å². The van der Waals surface area contributed by atoms with E-state index in [1.807, 2.05) is 6.92 Å². The molecule has 0 spiro atoms. The van der Waals surface area contributed by atoms with Gasteiger partial charge in [-0.3, -0.25) is 4.79 Å². The molecule has 0 N–H and O–H groups in total. The van der Waals surface area contributed by atoms with Gasteiger partial charge in [0, 0.05) is 11.3 Å². The van der Waals surface area contributed by atoms with Crippen molar-refractivity contribution in [1.82, 2.24) is 0 Å². The molecule has 88 valence electrons. The lowest BCUT2D eigenvalue weighted by molar-refractivity contribution is -0.129. The van der Waals surface area contributed by atoms with E-state index in [0.29, 0.717) is 22.5 Å². The van der Waals surface area contributed by atoms with E-state index in [4.69, 9.17) is 0 Å². The van der Waals surface area contributed by atoms with Crippen LogP contribution in [0.2, 0.25) is 0 Å². The van der Waals surface area contributed by atoms with Crippen molar-refractivity contribution in [2.45, 2.75) is 53.4 Å². The van der Waals surface area contributed by atoms with E-state index in [0.717, 1.165) is 5.57 Å². The first kappa shape index (κ1) is 10.6. The van der Waals surface area contributed by atoms with Crippen molar-refractivity contribution >= 4 is 5.78 Å². The maximum atomic E-state index is 12.4. The van der Waals surface area contributed by atoms with Crippen LogP contribution in [0.1, 0.15) is 53.4 Å².